The van der Waals surface area contributed by atoms with Gasteiger partial charge in [-0.1, -0.05) is 48.0 Å². The Balaban J connectivity index is 1.59. The summed E-state index contributed by atoms with van der Waals surface area (Å²) in [6.07, 6.45) is 1.81. The second-order valence-corrected chi connectivity index (χ2v) is 11.5. The Morgan fingerprint density at radius 1 is 1.08 bits per heavy atom. The number of aromatic nitrogens is 2. The Morgan fingerprint density at radius 3 is 2.49 bits per heavy atom. The summed E-state index contributed by atoms with van der Waals surface area (Å²) in [5.41, 5.74) is 3.33. The molecule has 192 valence electrons. The van der Waals surface area contributed by atoms with Crippen LogP contribution in [0, 0.1) is 0 Å². The smallest absolute Gasteiger partial charge is 0.324 e. The molecular formula is C27H27ClN4O4S. The molecule has 1 aliphatic rings. The van der Waals surface area contributed by atoms with Crippen molar-refractivity contribution in [2.45, 2.75) is 30.4 Å². The summed E-state index contributed by atoms with van der Waals surface area (Å²) in [7, 11) is 0.999. The first-order valence-corrected chi connectivity index (χ1v) is 13.6. The Morgan fingerprint density at radius 2 is 1.78 bits per heavy atom. The van der Waals surface area contributed by atoms with Gasteiger partial charge in [0.05, 0.1) is 36.3 Å². The third kappa shape index (κ3) is 4.58. The maximum atomic E-state index is 14.2. The minimum Gasteiger partial charge on any atom is -0.468 e. The van der Waals surface area contributed by atoms with Crippen molar-refractivity contribution in [3.05, 3.63) is 89.0 Å². The number of anilines is 1. The molecule has 3 aromatic carbocycles. The Labute approximate surface area is 221 Å². The number of carbonyl (C=O) groups excluding carboxylic acids is 1. The Bertz CT molecular complexity index is 1580. The van der Waals surface area contributed by atoms with Crippen LogP contribution in [0.25, 0.3) is 10.8 Å². The first-order chi connectivity index (χ1) is 17.7. The normalized spacial score (nSPS) is 15.9. The fourth-order valence-corrected chi connectivity index (χ4v) is 6.74. The van der Waals surface area contributed by atoms with Gasteiger partial charge in [0.2, 0.25) is 10.0 Å². The summed E-state index contributed by atoms with van der Waals surface area (Å²) < 4.78 is 36.6. The molecule has 37 heavy (non-hydrogen) atoms. The van der Waals surface area contributed by atoms with Crippen molar-refractivity contribution >= 4 is 44.1 Å². The summed E-state index contributed by atoms with van der Waals surface area (Å²) in [6, 6.07) is 17.2. The number of fused-ring (bicyclic) bond motifs is 2. The van der Waals surface area contributed by atoms with Gasteiger partial charge in [-0.05, 0) is 29.8 Å². The highest BCUT2D eigenvalue weighted by Gasteiger charge is 2.42. The molecule has 0 N–H and O–H groups in total. The molecule has 5 rings (SSSR count). The van der Waals surface area contributed by atoms with E-state index >= 15 is 0 Å². The molecule has 10 heteroatoms. The van der Waals surface area contributed by atoms with E-state index in [1.807, 2.05) is 66.0 Å². The second-order valence-electron chi connectivity index (χ2n) is 9.21. The fraction of sp³-hybridized carbons (Fsp3) is 0.259. The molecule has 0 saturated heterocycles. The second kappa shape index (κ2) is 9.81. The summed E-state index contributed by atoms with van der Waals surface area (Å²) in [5, 5.41) is 2.05. The van der Waals surface area contributed by atoms with Gasteiger partial charge in [-0.2, -0.15) is 4.31 Å². The van der Waals surface area contributed by atoms with Gasteiger partial charge in [-0.3, -0.25) is 4.79 Å². The van der Waals surface area contributed by atoms with Gasteiger partial charge in [-0.25, -0.2) is 13.4 Å². The number of methoxy groups -OCH3 is 1. The van der Waals surface area contributed by atoms with E-state index in [9.17, 15) is 13.2 Å². The van der Waals surface area contributed by atoms with Crippen molar-refractivity contribution in [1.29, 1.82) is 0 Å². The van der Waals surface area contributed by atoms with Crippen molar-refractivity contribution < 1.29 is 17.9 Å². The van der Waals surface area contributed by atoms with E-state index in [-0.39, 0.29) is 17.9 Å². The van der Waals surface area contributed by atoms with E-state index in [4.69, 9.17) is 16.3 Å². The van der Waals surface area contributed by atoms with Crippen LogP contribution in [0.3, 0.4) is 0 Å². The quantitative estimate of drug-likeness (QED) is 0.344. The predicted molar refractivity (Wildman–Crippen MR) is 143 cm³/mol. The number of ether oxygens (including phenoxy) is 1. The molecule has 4 aromatic rings. The van der Waals surface area contributed by atoms with E-state index < -0.39 is 22.0 Å². The number of nitrogens with zero attached hydrogens (tertiary/aromatic N) is 4. The molecule has 0 fully saturated rings. The molecule has 0 radical (unpaired) electrons. The highest BCUT2D eigenvalue weighted by molar-refractivity contribution is 7.89. The van der Waals surface area contributed by atoms with Crippen LogP contribution in [0.4, 0.5) is 5.69 Å². The van der Waals surface area contributed by atoms with Crippen molar-refractivity contribution in [2.24, 2.45) is 0 Å². The van der Waals surface area contributed by atoms with Crippen LogP contribution < -0.4 is 4.90 Å². The lowest BCUT2D eigenvalue weighted by Crippen LogP contribution is -2.49. The van der Waals surface area contributed by atoms with Gasteiger partial charge in [0, 0.05) is 48.5 Å². The minimum absolute atomic E-state index is 0.00518. The molecule has 1 unspecified atom stereocenters. The largest absolute Gasteiger partial charge is 0.468 e. The van der Waals surface area contributed by atoms with E-state index in [0.717, 1.165) is 22.3 Å². The lowest BCUT2D eigenvalue weighted by Gasteiger charge is -2.33. The number of hydrogen-bond donors (Lipinski definition) is 0. The lowest BCUT2D eigenvalue weighted by atomic mass is 10.1. The average Bonchev–Trinajstić information content (AvgIpc) is 3.29. The van der Waals surface area contributed by atoms with Crippen LogP contribution in [-0.4, -0.2) is 55.5 Å². The Hall–Kier alpha value is -3.40. The molecule has 0 spiro atoms. The van der Waals surface area contributed by atoms with Crippen molar-refractivity contribution in [1.82, 2.24) is 13.9 Å². The number of carbonyl (C=O) groups is 1. The van der Waals surface area contributed by atoms with E-state index in [1.54, 1.807) is 24.5 Å². The number of benzene rings is 3. The summed E-state index contributed by atoms with van der Waals surface area (Å²) in [4.78, 5) is 19.4. The number of sulfonamides is 1. The number of imidazole rings is 1. The highest BCUT2D eigenvalue weighted by Crippen LogP contribution is 2.35. The molecule has 0 amide bonds. The standard InChI is InChI=1S/C27H27ClN4O4S/c1-30(2)23-8-4-7-21-20(23)6-5-9-26(21)37(34,35)32-16-25-22(14-24(32)27(33)36-3)29-17-31(25)15-18-10-12-19(28)13-11-18/h4-13,17,24H,14-16H2,1-3H3. The first-order valence-electron chi connectivity index (χ1n) is 11.8. The summed E-state index contributed by atoms with van der Waals surface area (Å²) in [5.74, 6) is -0.615. The van der Waals surface area contributed by atoms with Crippen molar-refractivity contribution in [3.8, 4) is 0 Å². The van der Waals surface area contributed by atoms with Gasteiger partial charge in [0.15, 0.2) is 0 Å². The van der Waals surface area contributed by atoms with Crippen LogP contribution >= 0.6 is 11.6 Å². The van der Waals surface area contributed by atoms with E-state index in [2.05, 4.69) is 4.98 Å². The number of hydrogen-bond acceptors (Lipinski definition) is 6. The third-order valence-electron chi connectivity index (χ3n) is 6.74. The van der Waals surface area contributed by atoms with E-state index in [0.29, 0.717) is 22.6 Å². The summed E-state index contributed by atoms with van der Waals surface area (Å²) in [6.45, 7) is 0.492. The number of halogens is 1. The van der Waals surface area contributed by atoms with Gasteiger partial charge >= 0.3 is 5.97 Å². The average molecular weight is 539 g/mol. The predicted octanol–water partition coefficient (Wildman–Crippen LogP) is 4.09. The number of rotatable bonds is 6. The summed E-state index contributed by atoms with van der Waals surface area (Å²) >= 11 is 6.03. The van der Waals surface area contributed by atoms with Crippen LogP contribution in [-0.2, 0) is 39.1 Å². The van der Waals surface area contributed by atoms with Crippen molar-refractivity contribution in [3.63, 3.8) is 0 Å². The molecule has 1 atom stereocenters. The zero-order valence-electron chi connectivity index (χ0n) is 20.8. The molecule has 8 nitrogen and oxygen atoms in total. The zero-order chi connectivity index (χ0) is 26.3. The molecule has 2 heterocycles. The van der Waals surface area contributed by atoms with Gasteiger partial charge < -0.3 is 14.2 Å². The van der Waals surface area contributed by atoms with Gasteiger partial charge in [0.1, 0.15) is 6.04 Å². The molecule has 1 aliphatic heterocycles. The van der Waals surface area contributed by atoms with Crippen LogP contribution in [0.2, 0.25) is 5.02 Å². The topological polar surface area (TPSA) is 84.7 Å². The molecule has 0 aliphatic carbocycles. The van der Waals surface area contributed by atoms with E-state index in [1.165, 1.54) is 11.4 Å². The molecule has 0 saturated carbocycles. The first kappa shape index (κ1) is 25.3. The van der Waals surface area contributed by atoms with Crippen LogP contribution in [0.15, 0.2) is 71.9 Å². The van der Waals surface area contributed by atoms with Gasteiger partial charge in [0.25, 0.3) is 0 Å². The monoisotopic (exact) mass is 538 g/mol. The minimum atomic E-state index is -4.10. The highest BCUT2D eigenvalue weighted by atomic mass is 35.5. The molecular weight excluding hydrogens is 512 g/mol. The maximum absolute atomic E-state index is 14.2. The number of esters is 1. The van der Waals surface area contributed by atoms with Gasteiger partial charge in [-0.15, -0.1) is 0 Å². The van der Waals surface area contributed by atoms with Crippen LogP contribution in [0.1, 0.15) is 17.0 Å². The molecule has 0 bridgehead atoms. The lowest BCUT2D eigenvalue weighted by molar-refractivity contribution is -0.145. The SMILES string of the molecule is COC(=O)C1Cc2ncn(Cc3ccc(Cl)cc3)c2CN1S(=O)(=O)c1cccc2c(N(C)C)cccc12. The zero-order valence-corrected chi connectivity index (χ0v) is 22.3. The Kier molecular flexibility index (Phi) is 6.70. The van der Waals surface area contributed by atoms with Crippen LogP contribution in [0.5, 0.6) is 0 Å². The van der Waals surface area contributed by atoms with Crippen molar-refractivity contribution in [2.75, 3.05) is 26.1 Å². The fourth-order valence-electron chi connectivity index (χ4n) is 4.86. The maximum Gasteiger partial charge on any atom is 0.324 e. The third-order valence-corrected chi connectivity index (χ3v) is 8.90. The molecule has 1 aromatic heterocycles.